The zero-order valence-corrected chi connectivity index (χ0v) is 15.7. The van der Waals surface area contributed by atoms with Gasteiger partial charge in [-0.05, 0) is 37.8 Å². The Kier molecular flexibility index (Phi) is 8.61. The third-order valence-electron chi connectivity index (χ3n) is 4.51. The fourth-order valence-corrected chi connectivity index (χ4v) is 3.02. The van der Waals surface area contributed by atoms with Crippen LogP contribution in [0.4, 0.5) is 8.78 Å². The number of benzene rings is 1. The molecule has 7 heteroatoms. The van der Waals surface area contributed by atoms with Gasteiger partial charge in [0.1, 0.15) is 5.75 Å². The number of hydrogen-bond donors (Lipinski definition) is 2. The number of nitrogens with zero attached hydrogens (tertiary/aromatic N) is 2. The summed E-state index contributed by atoms with van der Waals surface area (Å²) in [7, 11) is 1.74. The van der Waals surface area contributed by atoms with E-state index in [1.807, 2.05) is 36.1 Å². The lowest BCUT2D eigenvalue weighted by molar-refractivity contribution is 0.0744. The quantitative estimate of drug-likeness (QED) is 0.421. The average molecular weight is 368 g/mol. The number of guanidine groups is 1. The number of piperidine rings is 1. The van der Waals surface area contributed by atoms with Crippen LogP contribution in [0.15, 0.2) is 29.3 Å². The van der Waals surface area contributed by atoms with Gasteiger partial charge in [-0.15, -0.1) is 0 Å². The van der Waals surface area contributed by atoms with E-state index in [1.54, 1.807) is 7.05 Å². The topological polar surface area (TPSA) is 48.9 Å². The Balaban J connectivity index is 1.60. The van der Waals surface area contributed by atoms with Crippen LogP contribution >= 0.6 is 0 Å². The summed E-state index contributed by atoms with van der Waals surface area (Å²) in [4.78, 5) is 6.06. The molecule has 5 nitrogen and oxygen atoms in total. The first-order valence-electron chi connectivity index (χ1n) is 9.24. The molecular weight excluding hydrogens is 338 g/mol. The van der Waals surface area contributed by atoms with E-state index in [1.165, 1.54) is 0 Å². The van der Waals surface area contributed by atoms with Crippen molar-refractivity contribution in [2.75, 3.05) is 39.8 Å². The van der Waals surface area contributed by atoms with E-state index in [9.17, 15) is 8.78 Å². The van der Waals surface area contributed by atoms with Gasteiger partial charge in [0.15, 0.2) is 5.96 Å². The van der Waals surface area contributed by atoms with E-state index in [2.05, 4.69) is 15.6 Å². The van der Waals surface area contributed by atoms with E-state index in [0.717, 1.165) is 43.1 Å². The maximum atomic E-state index is 12.4. The molecule has 1 aliphatic heterocycles. The Morgan fingerprint density at radius 1 is 1.31 bits per heavy atom. The first-order valence-corrected chi connectivity index (χ1v) is 9.24. The summed E-state index contributed by atoms with van der Waals surface area (Å²) in [5.41, 5.74) is 1.14. The second-order valence-corrected chi connectivity index (χ2v) is 6.58. The number of nitrogens with one attached hydrogen (secondary N) is 2. The molecule has 1 aromatic carbocycles. The van der Waals surface area contributed by atoms with Gasteiger partial charge in [-0.2, -0.15) is 0 Å². The predicted octanol–water partition coefficient (Wildman–Crippen LogP) is 2.66. The van der Waals surface area contributed by atoms with Crippen LogP contribution in [-0.4, -0.2) is 63.2 Å². The van der Waals surface area contributed by atoms with E-state index >= 15 is 0 Å². The van der Waals surface area contributed by atoms with Crippen LogP contribution in [-0.2, 0) is 0 Å². The zero-order valence-electron chi connectivity index (χ0n) is 15.7. The van der Waals surface area contributed by atoms with Crippen LogP contribution in [0.5, 0.6) is 5.75 Å². The van der Waals surface area contributed by atoms with Crippen LogP contribution in [0.2, 0.25) is 0 Å². The van der Waals surface area contributed by atoms with Crippen LogP contribution in [0.1, 0.15) is 24.8 Å². The minimum atomic E-state index is -2.25. The third kappa shape index (κ3) is 7.15. The summed E-state index contributed by atoms with van der Waals surface area (Å²) >= 11 is 0. The molecule has 2 rings (SSSR count). The molecule has 1 aromatic rings. The number of hydrogen-bond acceptors (Lipinski definition) is 3. The molecule has 0 bridgehead atoms. The summed E-state index contributed by atoms with van der Waals surface area (Å²) in [6, 6.07) is 8.25. The maximum absolute atomic E-state index is 12.4. The average Bonchev–Trinajstić information content (AvgIpc) is 2.63. The maximum Gasteiger partial charge on any atom is 0.251 e. The van der Waals surface area contributed by atoms with Gasteiger partial charge in [-0.25, -0.2) is 8.78 Å². The number of rotatable bonds is 8. The molecule has 0 atom stereocenters. The fourth-order valence-electron chi connectivity index (χ4n) is 3.02. The van der Waals surface area contributed by atoms with Gasteiger partial charge < -0.3 is 15.4 Å². The minimum absolute atomic E-state index is 0.124. The van der Waals surface area contributed by atoms with Crippen molar-refractivity contribution in [2.24, 2.45) is 4.99 Å². The summed E-state index contributed by atoms with van der Waals surface area (Å²) in [5, 5.41) is 6.67. The van der Waals surface area contributed by atoms with Gasteiger partial charge in [-0.3, -0.25) is 9.89 Å². The molecule has 0 radical (unpaired) electrons. The van der Waals surface area contributed by atoms with Gasteiger partial charge in [-0.1, -0.05) is 18.2 Å². The third-order valence-corrected chi connectivity index (χ3v) is 4.51. The standard InChI is InChI=1S/C19H30F2N4O/c1-15-6-3-4-7-17(15)26-13-5-10-23-19(22-2)24-16-8-11-25(12-9-16)14-18(20)21/h3-4,6-7,16,18H,5,8-14H2,1-2H3,(H2,22,23,24). The second-order valence-electron chi connectivity index (χ2n) is 6.58. The zero-order chi connectivity index (χ0) is 18.8. The lowest BCUT2D eigenvalue weighted by Crippen LogP contribution is -2.49. The van der Waals surface area contributed by atoms with Gasteiger partial charge in [0, 0.05) is 32.7 Å². The molecule has 2 N–H and O–H groups in total. The Bertz CT molecular complexity index is 560. The van der Waals surface area contributed by atoms with Crippen molar-refractivity contribution >= 4 is 5.96 Å². The van der Waals surface area contributed by atoms with Gasteiger partial charge in [0.2, 0.25) is 0 Å². The highest BCUT2D eigenvalue weighted by Crippen LogP contribution is 2.16. The predicted molar refractivity (Wildman–Crippen MR) is 101 cm³/mol. The van der Waals surface area contributed by atoms with Gasteiger partial charge in [0.05, 0.1) is 13.2 Å². The number of halogens is 2. The molecule has 0 unspecified atom stereocenters. The molecule has 1 heterocycles. The fraction of sp³-hybridized carbons (Fsp3) is 0.632. The van der Waals surface area contributed by atoms with Crippen molar-refractivity contribution in [1.29, 1.82) is 0 Å². The molecule has 0 spiro atoms. The first kappa shape index (κ1) is 20.4. The molecule has 0 amide bonds. The monoisotopic (exact) mass is 368 g/mol. The van der Waals surface area contributed by atoms with Crippen molar-refractivity contribution in [2.45, 2.75) is 38.7 Å². The van der Waals surface area contributed by atoms with Crippen LogP contribution in [0.25, 0.3) is 0 Å². The van der Waals surface area contributed by atoms with Crippen LogP contribution in [0.3, 0.4) is 0 Å². The van der Waals surface area contributed by atoms with Crippen molar-refractivity contribution in [3.8, 4) is 5.75 Å². The summed E-state index contributed by atoms with van der Waals surface area (Å²) < 4.78 is 30.6. The van der Waals surface area contributed by atoms with E-state index in [4.69, 9.17) is 4.74 Å². The molecule has 1 saturated heterocycles. The Labute approximate surface area is 154 Å². The number of para-hydroxylation sites is 1. The lowest BCUT2D eigenvalue weighted by Gasteiger charge is -2.32. The molecule has 0 saturated carbocycles. The van der Waals surface area contributed by atoms with E-state index < -0.39 is 6.43 Å². The minimum Gasteiger partial charge on any atom is -0.493 e. The van der Waals surface area contributed by atoms with Crippen LogP contribution < -0.4 is 15.4 Å². The molecule has 146 valence electrons. The highest BCUT2D eigenvalue weighted by molar-refractivity contribution is 5.79. The largest absolute Gasteiger partial charge is 0.493 e. The number of likely N-dealkylation sites (tertiary alicyclic amines) is 1. The summed E-state index contributed by atoms with van der Waals surface area (Å²) in [6.45, 7) is 4.70. The Morgan fingerprint density at radius 3 is 2.69 bits per heavy atom. The normalized spacial score (nSPS) is 16.7. The highest BCUT2D eigenvalue weighted by atomic mass is 19.3. The molecular formula is C19H30F2N4O. The second kappa shape index (κ2) is 11.0. The van der Waals surface area contributed by atoms with Gasteiger partial charge in [0.25, 0.3) is 6.43 Å². The SMILES string of the molecule is CN=C(NCCCOc1ccccc1C)NC1CCN(CC(F)F)CC1. The number of aliphatic imine (C=N–C) groups is 1. The number of alkyl halides is 2. The first-order chi connectivity index (χ1) is 12.6. The number of aryl methyl sites for hydroxylation is 1. The van der Waals surface area contributed by atoms with Crippen molar-refractivity contribution in [3.05, 3.63) is 29.8 Å². The summed E-state index contributed by atoms with van der Waals surface area (Å²) in [6.07, 6.45) is 0.311. The molecule has 1 aliphatic rings. The molecule has 0 aromatic heterocycles. The van der Waals surface area contributed by atoms with E-state index in [-0.39, 0.29) is 12.6 Å². The molecule has 1 fully saturated rings. The van der Waals surface area contributed by atoms with Crippen molar-refractivity contribution < 1.29 is 13.5 Å². The van der Waals surface area contributed by atoms with E-state index in [0.29, 0.717) is 19.7 Å². The highest BCUT2D eigenvalue weighted by Gasteiger charge is 2.21. The van der Waals surface area contributed by atoms with Gasteiger partial charge >= 0.3 is 0 Å². The lowest BCUT2D eigenvalue weighted by atomic mass is 10.1. The van der Waals surface area contributed by atoms with Crippen LogP contribution in [0, 0.1) is 6.92 Å². The summed E-state index contributed by atoms with van der Waals surface area (Å²) in [5.74, 6) is 1.68. The Morgan fingerprint density at radius 2 is 2.04 bits per heavy atom. The Hall–Kier alpha value is -1.89. The molecule has 26 heavy (non-hydrogen) atoms. The molecule has 0 aliphatic carbocycles. The van der Waals surface area contributed by atoms with Crippen molar-refractivity contribution in [1.82, 2.24) is 15.5 Å². The number of ether oxygens (including phenoxy) is 1. The smallest absolute Gasteiger partial charge is 0.251 e. The van der Waals surface area contributed by atoms with Crippen molar-refractivity contribution in [3.63, 3.8) is 0 Å².